The first-order chi connectivity index (χ1) is 6.50. The monoisotopic (exact) mass is 203 g/mol. The van der Waals surface area contributed by atoms with Gasteiger partial charge >= 0.3 is 0 Å². The summed E-state index contributed by atoms with van der Waals surface area (Å²) in [6.07, 6.45) is -2.32. The molecule has 1 aromatic rings. The molecule has 0 saturated heterocycles. The lowest BCUT2D eigenvalue weighted by Crippen LogP contribution is -2.18. The van der Waals surface area contributed by atoms with E-state index < -0.39 is 12.2 Å². The van der Waals surface area contributed by atoms with Gasteiger partial charge in [0.2, 0.25) is 0 Å². The van der Waals surface area contributed by atoms with Gasteiger partial charge in [-0.1, -0.05) is 6.07 Å². The molecule has 0 amide bonds. The van der Waals surface area contributed by atoms with E-state index >= 15 is 0 Å². The van der Waals surface area contributed by atoms with Crippen LogP contribution in [0.25, 0.3) is 0 Å². The van der Waals surface area contributed by atoms with E-state index in [2.05, 4.69) is 0 Å². The molecule has 0 aromatic heterocycles. The van der Waals surface area contributed by atoms with Crippen molar-refractivity contribution in [1.82, 2.24) is 0 Å². The molecule has 78 valence electrons. The summed E-state index contributed by atoms with van der Waals surface area (Å²) in [5.41, 5.74) is 5.63. The van der Waals surface area contributed by atoms with Crippen LogP contribution in [0.1, 0.15) is 24.5 Å². The van der Waals surface area contributed by atoms with Crippen molar-refractivity contribution in [2.45, 2.75) is 25.8 Å². The lowest BCUT2D eigenvalue weighted by Gasteiger charge is -2.10. The number of alkyl halides is 2. The van der Waals surface area contributed by atoms with Gasteiger partial charge in [0.15, 0.2) is 0 Å². The largest absolute Gasteiger partial charge is 0.328 e. The second-order valence-electron chi connectivity index (χ2n) is 3.33. The first-order valence-electron chi connectivity index (χ1n) is 4.32. The molecule has 0 spiro atoms. The Balaban J connectivity index is 3.03. The fourth-order valence-electron chi connectivity index (χ4n) is 1.31. The summed E-state index contributed by atoms with van der Waals surface area (Å²) in [5.74, 6) is -0.509. The third-order valence-electron chi connectivity index (χ3n) is 1.88. The average Bonchev–Trinajstić information content (AvgIpc) is 2.01. The zero-order chi connectivity index (χ0) is 10.7. The topological polar surface area (TPSA) is 26.0 Å². The number of nitrogens with two attached hydrogens (primary N) is 1. The van der Waals surface area contributed by atoms with Gasteiger partial charge in [0.1, 0.15) is 5.82 Å². The zero-order valence-electron chi connectivity index (χ0n) is 7.81. The number of halogens is 3. The van der Waals surface area contributed by atoms with Crippen LogP contribution in [0.5, 0.6) is 0 Å². The number of benzene rings is 1. The second-order valence-corrected chi connectivity index (χ2v) is 3.33. The predicted molar refractivity (Wildman–Crippen MR) is 48.7 cm³/mol. The second kappa shape index (κ2) is 4.46. The standard InChI is InChI=1S/C10H12F3N/c1-6(14)4-7-5-8(11)2-3-9(7)10(12)13/h2-3,5-6,10H,4,14H2,1H3/t6-/m1/s1. The Morgan fingerprint density at radius 1 is 1.36 bits per heavy atom. The SMILES string of the molecule is C[C@@H](N)Cc1cc(F)ccc1C(F)F. The van der Waals surface area contributed by atoms with Crippen molar-refractivity contribution in [2.24, 2.45) is 5.73 Å². The highest BCUT2D eigenvalue weighted by Crippen LogP contribution is 2.24. The molecule has 0 saturated carbocycles. The van der Waals surface area contributed by atoms with Crippen molar-refractivity contribution < 1.29 is 13.2 Å². The average molecular weight is 203 g/mol. The van der Waals surface area contributed by atoms with E-state index in [4.69, 9.17) is 5.73 Å². The van der Waals surface area contributed by atoms with E-state index in [1.54, 1.807) is 6.92 Å². The molecule has 0 aliphatic rings. The van der Waals surface area contributed by atoms with E-state index in [1.807, 2.05) is 0 Å². The minimum absolute atomic E-state index is 0.135. The van der Waals surface area contributed by atoms with Crippen molar-refractivity contribution in [3.8, 4) is 0 Å². The first kappa shape index (κ1) is 11.0. The minimum atomic E-state index is -2.58. The van der Waals surface area contributed by atoms with E-state index in [-0.39, 0.29) is 23.6 Å². The van der Waals surface area contributed by atoms with Gasteiger partial charge in [0, 0.05) is 11.6 Å². The summed E-state index contributed by atoms with van der Waals surface area (Å²) in [7, 11) is 0. The molecule has 2 N–H and O–H groups in total. The number of hydrogen-bond acceptors (Lipinski definition) is 1. The van der Waals surface area contributed by atoms with Crippen molar-refractivity contribution in [3.05, 3.63) is 35.1 Å². The Kier molecular flexibility index (Phi) is 3.52. The van der Waals surface area contributed by atoms with Crippen LogP contribution >= 0.6 is 0 Å². The Morgan fingerprint density at radius 2 is 2.00 bits per heavy atom. The van der Waals surface area contributed by atoms with Gasteiger partial charge in [0.25, 0.3) is 6.43 Å². The summed E-state index contributed by atoms with van der Waals surface area (Å²) in [6, 6.07) is 3.00. The van der Waals surface area contributed by atoms with Gasteiger partial charge < -0.3 is 5.73 Å². The summed E-state index contributed by atoms with van der Waals surface area (Å²) in [5, 5.41) is 0. The van der Waals surface area contributed by atoms with Crippen LogP contribution in [0, 0.1) is 5.82 Å². The van der Waals surface area contributed by atoms with Crippen molar-refractivity contribution >= 4 is 0 Å². The fraction of sp³-hybridized carbons (Fsp3) is 0.400. The maximum absolute atomic E-state index is 12.8. The molecule has 1 atom stereocenters. The van der Waals surface area contributed by atoms with Gasteiger partial charge in [0.05, 0.1) is 0 Å². The predicted octanol–water partition coefficient (Wildman–Crippen LogP) is 2.65. The Hall–Kier alpha value is -1.03. The van der Waals surface area contributed by atoms with E-state index in [0.717, 1.165) is 18.2 Å². The molecular formula is C10H12F3N. The maximum atomic E-state index is 12.8. The summed E-state index contributed by atoms with van der Waals surface area (Å²) in [4.78, 5) is 0. The van der Waals surface area contributed by atoms with Crippen LogP contribution in [0.15, 0.2) is 18.2 Å². The molecule has 1 nitrogen and oxygen atoms in total. The van der Waals surface area contributed by atoms with Crippen LogP contribution in [-0.2, 0) is 6.42 Å². The highest BCUT2D eigenvalue weighted by molar-refractivity contribution is 5.29. The van der Waals surface area contributed by atoms with Gasteiger partial charge in [-0.05, 0) is 31.0 Å². The third-order valence-corrected chi connectivity index (χ3v) is 1.88. The van der Waals surface area contributed by atoms with Crippen LogP contribution in [0.4, 0.5) is 13.2 Å². The maximum Gasteiger partial charge on any atom is 0.264 e. The molecular weight excluding hydrogens is 191 g/mol. The Bertz CT molecular complexity index is 310. The zero-order valence-corrected chi connectivity index (χ0v) is 7.81. The number of rotatable bonds is 3. The van der Waals surface area contributed by atoms with Crippen molar-refractivity contribution in [2.75, 3.05) is 0 Å². The lowest BCUT2D eigenvalue weighted by molar-refractivity contribution is 0.150. The molecule has 0 radical (unpaired) electrons. The van der Waals surface area contributed by atoms with Crippen LogP contribution in [-0.4, -0.2) is 6.04 Å². The molecule has 0 unspecified atom stereocenters. The smallest absolute Gasteiger partial charge is 0.264 e. The van der Waals surface area contributed by atoms with Gasteiger partial charge in [-0.25, -0.2) is 13.2 Å². The third kappa shape index (κ3) is 2.73. The molecule has 4 heteroatoms. The van der Waals surface area contributed by atoms with Gasteiger partial charge in [-0.15, -0.1) is 0 Å². The summed E-state index contributed by atoms with van der Waals surface area (Å²) >= 11 is 0. The molecule has 0 heterocycles. The Morgan fingerprint density at radius 3 is 2.50 bits per heavy atom. The highest BCUT2D eigenvalue weighted by atomic mass is 19.3. The van der Waals surface area contributed by atoms with Gasteiger partial charge in [-0.3, -0.25) is 0 Å². The molecule has 0 fully saturated rings. The van der Waals surface area contributed by atoms with Crippen LogP contribution < -0.4 is 5.73 Å². The van der Waals surface area contributed by atoms with E-state index in [0.29, 0.717) is 0 Å². The molecule has 0 bridgehead atoms. The minimum Gasteiger partial charge on any atom is -0.328 e. The quantitative estimate of drug-likeness (QED) is 0.802. The first-order valence-corrected chi connectivity index (χ1v) is 4.32. The normalized spacial score (nSPS) is 13.3. The van der Waals surface area contributed by atoms with Crippen LogP contribution in [0.3, 0.4) is 0 Å². The molecule has 1 rings (SSSR count). The Labute approximate surface area is 80.7 Å². The molecule has 14 heavy (non-hydrogen) atoms. The number of hydrogen-bond donors (Lipinski definition) is 1. The van der Waals surface area contributed by atoms with E-state index in [9.17, 15) is 13.2 Å². The molecule has 1 aromatic carbocycles. The highest BCUT2D eigenvalue weighted by Gasteiger charge is 2.14. The summed E-state index contributed by atoms with van der Waals surface area (Å²) < 4.78 is 37.7. The molecule has 0 aliphatic carbocycles. The van der Waals surface area contributed by atoms with Crippen molar-refractivity contribution in [1.29, 1.82) is 0 Å². The summed E-state index contributed by atoms with van der Waals surface area (Å²) in [6.45, 7) is 1.69. The van der Waals surface area contributed by atoms with Gasteiger partial charge in [-0.2, -0.15) is 0 Å². The van der Waals surface area contributed by atoms with Crippen LogP contribution in [0.2, 0.25) is 0 Å². The van der Waals surface area contributed by atoms with Crippen molar-refractivity contribution in [3.63, 3.8) is 0 Å². The fourth-order valence-corrected chi connectivity index (χ4v) is 1.31. The lowest BCUT2D eigenvalue weighted by atomic mass is 10.0. The van der Waals surface area contributed by atoms with E-state index in [1.165, 1.54) is 0 Å². The molecule has 0 aliphatic heterocycles.